The summed E-state index contributed by atoms with van der Waals surface area (Å²) in [6.07, 6.45) is -0.244. The fourth-order valence-corrected chi connectivity index (χ4v) is 3.37. The van der Waals surface area contributed by atoms with E-state index in [1.807, 2.05) is 0 Å². The molecule has 0 spiro atoms. The lowest BCUT2D eigenvalue weighted by atomic mass is 9.84. The molecule has 0 aliphatic carbocycles. The van der Waals surface area contributed by atoms with Crippen LogP contribution in [0.15, 0.2) is 35.0 Å². The first kappa shape index (κ1) is 19.8. The molecule has 136 valence electrons. The van der Waals surface area contributed by atoms with E-state index in [9.17, 15) is 20.0 Å². The maximum atomic E-state index is 12.1. The van der Waals surface area contributed by atoms with Crippen LogP contribution in [0.3, 0.4) is 0 Å². The molecule has 8 heteroatoms. The van der Waals surface area contributed by atoms with Crippen molar-refractivity contribution in [2.75, 3.05) is 14.2 Å². The summed E-state index contributed by atoms with van der Waals surface area (Å²) in [5.41, 5.74) is 0.884. The van der Waals surface area contributed by atoms with Gasteiger partial charge < -0.3 is 14.7 Å². The summed E-state index contributed by atoms with van der Waals surface area (Å²) in [4.78, 5) is 25.5. The molecule has 0 fully saturated rings. The Morgan fingerprint density at radius 1 is 1.38 bits per heavy atom. The first-order valence-electron chi connectivity index (χ1n) is 7.59. The Morgan fingerprint density at radius 3 is 2.54 bits per heavy atom. The maximum Gasteiger partial charge on any atom is 0.338 e. The third-order valence-electron chi connectivity index (χ3n) is 4.31. The zero-order valence-electron chi connectivity index (χ0n) is 14.3. The van der Waals surface area contributed by atoms with Gasteiger partial charge in [0.15, 0.2) is 0 Å². The molecule has 0 saturated heterocycles. The van der Waals surface area contributed by atoms with Crippen LogP contribution in [0.2, 0.25) is 10.0 Å². The number of methoxy groups -OCH3 is 1. The predicted molar refractivity (Wildman–Crippen MR) is 97.5 cm³/mol. The van der Waals surface area contributed by atoms with Crippen molar-refractivity contribution in [2.24, 2.45) is 0 Å². The van der Waals surface area contributed by atoms with E-state index in [1.165, 1.54) is 13.2 Å². The number of hydrogen-bond donors (Lipinski definition) is 1. The standard InChI is InChI=1S/C18H16Cl2N2O4/c1-9-12(8-21)16(11-5-4-10(19)6-13(11)20)17(18(24)25)14(22(9)2)7-15(23)26-3/h4-6,9H,7H2,1-3H3,(H,24,25). The number of ether oxygens (including phenoxy) is 1. The van der Waals surface area contributed by atoms with E-state index in [-0.39, 0.29) is 33.9 Å². The fraction of sp³-hybridized carbons (Fsp3) is 0.278. The molecule has 0 aromatic heterocycles. The second kappa shape index (κ2) is 7.81. The molecule has 26 heavy (non-hydrogen) atoms. The Morgan fingerprint density at radius 2 is 2.04 bits per heavy atom. The monoisotopic (exact) mass is 394 g/mol. The van der Waals surface area contributed by atoms with E-state index in [4.69, 9.17) is 23.2 Å². The molecule has 2 rings (SSSR count). The average Bonchev–Trinajstić information content (AvgIpc) is 2.58. The van der Waals surface area contributed by atoms with Crippen molar-refractivity contribution in [3.63, 3.8) is 0 Å². The molecule has 0 bridgehead atoms. The zero-order chi connectivity index (χ0) is 19.6. The van der Waals surface area contributed by atoms with Gasteiger partial charge in [-0.05, 0) is 19.1 Å². The molecule has 6 nitrogen and oxygen atoms in total. The van der Waals surface area contributed by atoms with E-state index in [0.717, 1.165) is 0 Å². The molecule has 0 amide bonds. The third-order valence-corrected chi connectivity index (χ3v) is 4.85. The van der Waals surface area contributed by atoms with E-state index in [1.54, 1.807) is 31.0 Å². The van der Waals surface area contributed by atoms with Gasteiger partial charge in [0.1, 0.15) is 0 Å². The number of carbonyl (C=O) groups excluding carboxylic acids is 1. The number of nitrogens with zero attached hydrogens (tertiary/aromatic N) is 2. The molecule has 0 radical (unpaired) electrons. The lowest BCUT2D eigenvalue weighted by Crippen LogP contribution is -2.37. The molecular formula is C18H16Cl2N2O4. The van der Waals surface area contributed by atoms with Crippen LogP contribution in [0.5, 0.6) is 0 Å². The molecule has 1 unspecified atom stereocenters. The van der Waals surface area contributed by atoms with Crippen molar-refractivity contribution in [1.82, 2.24) is 4.90 Å². The fourth-order valence-electron chi connectivity index (χ4n) is 2.87. The van der Waals surface area contributed by atoms with Crippen molar-refractivity contribution in [3.8, 4) is 6.07 Å². The molecule has 1 aromatic rings. The quantitative estimate of drug-likeness (QED) is 0.785. The third kappa shape index (κ3) is 3.55. The van der Waals surface area contributed by atoms with Crippen molar-refractivity contribution < 1.29 is 19.4 Å². The van der Waals surface area contributed by atoms with E-state index in [2.05, 4.69) is 10.8 Å². The number of carboxylic acids is 1. The van der Waals surface area contributed by atoms with Gasteiger partial charge in [0.05, 0.1) is 36.8 Å². The Bertz CT molecular complexity index is 884. The molecule has 1 aliphatic rings. The van der Waals surface area contributed by atoms with Crippen molar-refractivity contribution >= 4 is 40.7 Å². The van der Waals surface area contributed by atoms with Crippen molar-refractivity contribution in [1.29, 1.82) is 5.26 Å². The van der Waals surface area contributed by atoms with Gasteiger partial charge in [-0.25, -0.2) is 4.79 Å². The SMILES string of the molecule is COC(=O)CC1=C(C(=O)O)C(c2ccc(Cl)cc2Cl)=C(C#N)C(C)N1C. The molecule has 1 aliphatic heterocycles. The number of likely N-dealkylation sites (N-methyl/N-ethyl adjacent to an activating group) is 1. The molecular weight excluding hydrogens is 379 g/mol. The number of nitriles is 1. The van der Waals surface area contributed by atoms with Crippen LogP contribution in [0.4, 0.5) is 0 Å². The molecule has 1 N–H and O–H groups in total. The van der Waals surface area contributed by atoms with Gasteiger partial charge in [0.2, 0.25) is 0 Å². The van der Waals surface area contributed by atoms with E-state index in [0.29, 0.717) is 10.6 Å². The first-order valence-corrected chi connectivity index (χ1v) is 8.34. The minimum Gasteiger partial charge on any atom is -0.478 e. The molecule has 1 heterocycles. The smallest absolute Gasteiger partial charge is 0.338 e. The normalized spacial score (nSPS) is 17.2. The second-order valence-electron chi connectivity index (χ2n) is 5.69. The minimum atomic E-state index is -1.27. The summed E-state index contributed by atoms with van der Waals surface area (Å²) in [5, 5.41) is 20.1. The van der Waals surface area contributed by atoms with Crippen LogP contribution in [-0.4, -0.2) is 42.1 Å². The van der Waals surface area contributed by atoms with E-state index < -0.39 is 18.0 Å². The van der Waals surface area contributed by atoms with Crippen LogP contribution >= 0.6 is 23.2 Å². The van der Waals surface area contributed by atoms with E-state index >= 15 is 0 Å². The Hall–Kier alpha value is -2.49. The number of carbonyl (C=O) groups is 2. The van der Waals surface area contributed by atoms with Crippen molar-refractivity contribution in [3.05, 3.63) is 50.7 Å². The van der Waals surface area contributed by atoms with Gasteiger partial charge in [-0.2, -0.15) is 5.26 Å². The number of carboxylic acid groups (broad SMARTS) is 1. The number of aliphatic carboxylic acids is 1. The summed E-state index contributed by atoms with van der Waals surface area (Å²) < 4.78 is 4.68. The van der Waals surface area contributed by atoms with Crippen LogP contribution < -0.4 is 0 Å². The van der Waals surface area contributed by atoms with Gasteiger partial charge in [0.25, 0.3) is 0 Å². The van der Waals surface area contributed by atoms with Crippen LogP contribution in [0.1, 0.15) is 18.9 Å². The number of halogens is 2. The van der Waals surface area contributed by atoms with Gasteiger partial charge in [-0.15, -0.1) is 0 Å². The Labute approximate surface area is 160 Å². The predicted octanol–water partition coefficient (Wildman–Crippen LogP) is 3.51. The second-order valence-corrected chi connectivity index (χ2v) is 6.53. The summed E-state index contributed by atoms with van der Waals surface area (Å²) in [6, 6.07) is 6.23. The Balaban J connectivity index is 2.85. The number of esters is 1. The maximum absolute atomic E-state index is 12.1. The van der Waals surface area contributed by atoms with Gasteiger partial charge in [-0.3, -0.25) is 4.79 Å². The highest BCUT2D eigenvalue weighted by Gasteiger charge is 2.36. The Kier molecular flexibility index (Phi) is 5.96. The largest absolute Gasteiger partial charge is 0.478 e. The number of hydrogen-bond acceptors (Lipinski definition) is 5. The topological polar surface area (TPSA) is 90.6 Å². The van der Waals surface area contributed by atoms with Crippen LogP contribution in [0, 0.1) is 11.3 Å². The summed E-state index contributed by atoms with van der Waals surface area (Å²) >= 11 is 12.2. The zero-order valence-corrected chi connectivity index (χ0v) is 15.9. The molecule has 0 saturated carbocycles. The average molecular weight is 395 g/mol. The van der Waals surface area contributed by atoms with Gasteiger partial charge in [0, 0.05) is 33.9 Å². The molecule has 1 atom stereocenters. The number of rotatable bonds is 4. The lowest BCUT2D eigenvalue weighted by molar-refractivity contribution is -0.140. The van der Waals surface area contributed by atoms with Crippen molar-refractivity contribution in [2.45, 2.75) is 19.4 Å². The summed E-state index contributed by atoms with van der Waals surface area (Å²) in [7, 11) is 2.85. The van der Waals surface area contributed by atoms with Crippen LogP contribution in [0.25, 0.3) is 5.57 Å². The van der Waals surface area contributed by atoms with Gasteiger partial charge >= 0.3 is 11.9 Å². The number of benzene rings is 1. The highest BCUT2D eigenvalue weighted by atomic mass is 35.5. The minimum absolute atomic E-state index is 0.156. The summed E-state index contributed by atoms with van der Waals surface area (Å²) in [5.74, 6) is -1.85. The molecule has 1 aromatic carbocycles. The summed E-state index contributed by atoms with van der Waals surface area (Å²) in [6.45, 7) is 1.75. The van der Waals surface area contributed by atoms with Gasteiger partial charge in [-0.1, -0.05) is 29.3 Å². The lowest BCUT2D eigenvalue weighted by Gasteiger charge is -2.36. The first-order chi connectivity index (χ1) is 12.2. The highest BCUT2D eigenvalue weighted by molar-refractivity contribution is 6.36. The highest BCUT2D eigenvalue weighted by Crippen LogP contribution is 2.41. The van der Waals surface area contributed by atoms with Crippen LogP contribution in [-0.2, 0) is 14.3 Å².